The lowest BCUT2D eigenvalue weighted by Gasteiger charge is -2.34. The standard InChI is InChI=1S/C41H34N2/c1-27-22-28(2)24-33(23-27)42(31-15-10-14-30(25-31)29-12-6-5-7-13-29)32-20-21-38-35(26-32)34-16-11-18-37-40(34)43(38)39-19-9-8-17-36(39)41(37,3)4/h5-26H,1-4H3. The Morgan fingerprint density at radius 2 is 1.19 bits per heavy atom. The van der Waals surface area contributed by atoms with E-state index in [1.807, 2.05) is 0 Å². The summed E-state index contributed by atoms with van der Waals surface area (Å²) in [6.07, 6.45) is 0. The minimum Gasteiger partial charge on any atom is -0.310 e. The second-order valence-electron chi connectivity index (χ2n) is 12.5. The fourth-order valence-electron chi connectivity index (χ4n) is 7.27. The van der Waals surface area contributed by atoms with Gasteiger partial charge in [0.05, 0.1) is 16.7 Å². The number of benzene rings is 6. The largest absolute Gasteiger partial charge is 0.310 e. The Hall–Kier alpha value is -5.08. The molecule has 0 atom stereocenters. The van der Waals surface area contributed by atoms with Crippen LogP contribution in [0.15, 0.2) is 133 Å². The quantitative estimate of drug-likeness (QED) is 0.210. The van der Waals surface area contributed by atoms with Crippen LogP contribution < -0.4 is 4.90 Å². The van der Waals surface area contributed by atoms with E-state index < -0.39 is 0 Å². The molecule has 2 heteroatoms. The van der Waals surface area contributed by atoms with Crippen molar-refractivity contribution in [1.29, 1.82) is 0 Å². The first-order valence-corrected chi connectivity index (χ1v) is 15.1. The second-order valence-corrected chi connectivity index (χ2v) is 12.5. The Bertz CT molecular complexity index is 2160. The molecular formula is C41H34N2. The van der Waals surface area contributed by atoms with Gasteiger partial charge in [-0.25, -0.2) is 0 Å². The molecule has 7 aromatic rings. The molecular weight excluding hydrogens is 520 g/mol. The summed E-state index contributed by atoms with van der Waals surface area (Å²) < 4.78 is 2.49. The lowest BCUT2D eigenvalue weighted by atomic mass is 9.75. The van der Waals surface area contributed by atoms with Gasteiger partial charge in [-0.05, 0) is 95.8 Å². The Balaban J connectivity index is 1.40. The van der Waals surface area contributed by atoms with E-state index in [4.69, 9.17) is 0 Å². The number of fused-ring (bicyclic) bond motifs is 5. The fourth-order valence-corrected chi connectivity index (χ4v) is 7.27. The van der Waals surface area contributed by atoms with E-state index in [-0.39, 0.29) is 5.41 Å². The predicted octanol–water partition coefficient (Wildman–Crippen LogP) is 11.2. The van der Waals surface area contributed by atoms with Crippen LogP contribution in [-0.4, -0.2) is 4.57 Å². The third-order valence-corrected chi connectivity index (χ3v) is 9.20. The smallest absolute Gasteiger partial charge is 0.0582 e. The highest BCUT2D eigenvalue weighted by molar-refractivity contribution is 6.12. The molecule has 0 radical (unpaired) electrons. The van der Waals surface area contributed by atoms with Crippen molar-refractivity contribution < 1.29 is 0 Å². The minimum absolute atomic E-state index is 0.0771. The molecule has 0 spiro atoms. The molecule has 208 valence electrons. The van der Waals surface area contributed by atoms with Gasteiger partial charge in [0.25, 0.3) is 0 Å². The van der Waals surface area contributed by atoms with Crippen LogP contribution in [0.1, 0.15) is 36.1 Å². The summed E-state index contributed by atoms with van der Waals surface area (Å²) in [5, 5.41) is 2.57. The predicted molar refractivity (Wildman–Crippen MR) is 183 cm³/mol. The molecule has 0 amide bonds. The summed E-state index contributed by atoms with van der Waals surface area (Å²) in [6, 6.07) is 49.1. The van der Waals surface area contributed by atoms with E-state index in [1.54, 1.807) is 0 Å². The molecule has 1 aliphatic heterocycles. The maximum absolute atomic E-state index is 2.49. The van der Waals surface area contributed by atoms with Crippen LogP contribution in [0.5, 0.6) is 0 Å². The van der Waals surface area contributed by atoms with Crippen LogP contribution in [0, 0.1) is 13.8 Å². The highest BCUT2D eigenvalue weighted by Crippen LogP contribution is 2.48. The Kier molecular flexibility index (Phi) is 5.64. The molecule has 0 bridgehead atoms. The van der Waals surface area contributed by atoms with Crippen molar-refractivity contribution >= 4 is 38.9 Å². The van der Waals surface area contributed by atoms with Crippen LogP contribution in [0.2, 0.25) is 0 Å². The number of aromatic nitrogens is 1. The summed E-state index contributed by atoms with van der Waals surface area (Å²) in [6.45, 7) is 9.08. The van der Waals surface area contributed by atoms with E-state index in [1.165, 1.54) is 66.6 Å². The van der Waals surface area contributed by atoms with E-state index in [9.17, 15) is 0 Å². The minimum atomic E-state index is -0.0771. The number of para-hydroxylation sites is 2. The number of hydrogen-bond donors (Lipinski definition) is 0. The van der Waals surface area contributed by atoms with Gasteiger partial charge in [0.15, 0.2) is 0 Å². The lowest BCUT2D eigenvalue weighted by Crippen LogP contribution is -2.26. The maximum Gasteiger partial charge on any atom is 0.0582 e. The average molecular weight is 555 g/mol. The van der Waals surface area contributed by atoms with Crippen LogP contribution in [0.25, 0.3) is 38.6 Å². The highest BCUT2D eigenvalue weighted by atomic mass is 15.1. The first kappa shape index (κ1) is 25.6. The van der Waals surface area contributed by atoms with Gasteiger partial charge in [0.1, 0.15) is 0 Å². The molecule has 8 rings (SSSR count). The Labute approximate surface area is 253 Å². The molecule has 2 heterocycles. The van der Waals surface area contributed by atoms with Gasteiger partial charge in [0.2, 0.25) is 0 Å². The van der Waals surface area contributed by atoms with Crippen LogP contribution >= 0.6 is 0 Å². The molecule has 1 aliphatic rings. The van der Waals surface area contributed by atoms with Crippen molar-refractivity contribution in [1.82, 2.24) is 4.57 Å². The zero-order chi connectivity index (χ0) is 29.3. The normalized spacial score (nSPS) is 13.3. The molecule has 6 aromatic carbocycles. The second kappa shape index (κ2) is 9.47. The summed E-state index contributed by atoms with van der Waals surface area (Å²) in [5.74, 6) is 0. The van der Waals surface area contributed by atoms with Crippen molar-refractivity contribution in [3.63, 3.8) is 0 Å². The summed E-state index contributed by atoms with van der Waals surface area (Å²) in [5.41, 5.74) is 14.9. The fraction of sp³-hybridized carbons (Fsp3) is 0.122. The van der Waals surface area contributed by atoms with Crippen LogP contribution in [-0.2, 0) is 5.41 Å². The van der Waals surface area contributed by atoms with Crippen molar-refractivity contribution in [3.8, 4) is 16.8 Å². The Morgan fingerprint density at radius 3 is 2.00 bits per heavy atom. The first-order valence-electron chi connectivity index (χ1n) is 15.1. The van der Waals surface area contributed by atoms with Crippen molar-refractivity contribution in [3.05, 3.63) is 156 Å². The molecule has 0 unspecified atom stereocenters. The molecule has 0 saturated carbocycles. The number of aryl methyl sites for hydroxylation is 2. The first-order chi connectivity index (χ1) is 20.9. The number of rotatable bonds is 4. The van der Waals surface area contributed by atoms with Gasteiger partial charge < -0.3 is 9.47 Å². The number of nitrogens with zero attached hydrogens (tertiary/aromatic N) is 2. The third-order valence-electron chi connectivity index (χ3n) is 9.20. The molecule has 0 saturated heterocycles. The number of anilines is 3. The summed E-state index contributed by atoms with van der Waals surface area (Å²) in [7, 11) is 0. The van der Waals surface area contributed by atoms with E-state index in [2.05, 4.69) is 171 Å². The molecule has 43 heavy (non-hydrogen) atoms. The van der Waals surface area contributed by atoms with Gasteiger partial charge in [0, 0.05) is 33.2 Å². The molecule has 0 aliphatic carbocycles. The maximum atomic E-state index is 2.49. The van der Waals surface area contributed by atoms with E-state index in [0.29, 0.717) is 0 Å². The van der Waals surface area contributed by atoms with Gasteiger partial charge in [-0.3, -0.25) is 0 Å². The van der Waals surface area contributed by atoms with Crippen molar-refractivity contribution in [2.45, 2.75) is 33.1 Å². The zero-order valence-electron chi connectivity index (χ0n) is 25.1. The Morgan fingerprint density at radius 1 is 0.512 bits per heavy atom. The lowest BCUT2D eigenvalue weighted by molar-refractivity contribution is 0.630. The summed E-state index contributed by atoms with van der Waals surface area (Å²) in [4.78, 5) is 2.41. The van der Waals surface area contributed by atoms with E-state index >= 15 is 0 Å². The van der Waals surface area contributed by atoms with Gasteiger partial charge >= 0.3 is 0 Å². The van der Waals surface area contributed by atoms with Crippen molar-refractivity contribution in [2.75, 3.05) is 4.90 Å². The number of hydrogen-bond acceptors (Lipinski definition) is 1. The average Bonchev–Trinajstić information content (AvgIpc) is 3.35. The van der Waals surface area contributed by atoms with Gasteiger partial charge in [-0.1, -0.05) is 98.8 Å². The summed E-state index contributed by atoms with van der Waals surface area (Å²) >= 11 is 0. The molecule has 0 N–H and O–H groups in total. The SMILES string of the molecule is Cc1cc(C)cc(N(c2cccc(-c3ccccc3)c2)c2ccc3c(c2)c2cccc4c2n3-c2ccccc2C4(C)C)c1. The highest BCUT2D eigenvalue weighted by Gasteiger charge is 2.34. The van der Waals surface area contributed by atoms with Gasteiger partial charge in [-0.15, -0.1) is 0 Å². The zero-order valence-corrected chi connectivity index (χ0v) is 25.1. The van der Waals surface area contributed by atoms with Gasteiger partial charge in [-0.2, -0.15) is 0 Å². The topological polar surface area (TPSA) is 8.17 Å². The molecule has 2 nitrogen and oxygen atoms in total. The molecule has 0 fully saturated rings. The van der Waals surface area contributed by atoms with Crippen LogP contribution in [0.3, 0.4) is 0 Å². The molecule has 1 aromatic heterocycles. The van der Waals surface area contributed by atoms with Crippen molar-refractivity contribution in [2.24, 2.45) is 0 Å². The third kappa shape index (κ3) is 3.94. The monoisotopic (exact) mass is 554 g/mol. The van der Waals surface area contributed by atoms with E-state index in [0.717, 1.165) is 11.4 Å². The van der Waals surface area contributed by atoms with Crippen LogP contribution in [0.4, 0.5) is 17.1 Å².